The second-order valence-corrected chi connectivity index (χ2v) is 6.07. The summed E-state index contributed by atoms with van der Waals surface area (Å²) in [4.78, 5) is 12.2. The van der Waals surface area contributed by atoms with Gasteiger partial charge in [0.2, 0.25) is 5.91 Å². The average molecular weight is 252 g/mol. The van der Waals surface area contributed by atoms with Crippen LogP contribution in [0.1, 0.15) is 58.3 Å². The highest BCUT2D eigenvalue weighted by Gasteiger charge is 2.25. The molecule has 1 saturated heterocycles. The van der Waals surface area contributed by atoms with E-state index in [2.05, 4.69) is 17.6 Å². The van der Waals surface area contributed by atoms with Gasteiger partial charge in [0.05, 0.1) is 0 Å². The van der Waals surface area contributed by atoms with Gasteiger partial charge in [-0.25, -0.2) is 0 Å². The van der Waals surface area contributed by atoms with Gasteiger partial charge in [-0.15, -0.1) is 0 Å². The Balaban J connectivity index is 1.77. The van der Waals surface area contributed by atoms with Crippen molar-refractivity contribution in [1.82, 2.24) is 10.6 Å². The molecule has 18 heavy (non-hydrogen) atoms. The molecule has 2 N–H and O–H groups in total. The fraction of sp³-hybridized carbons (Fsp3) is 0.933. The third-order valence-corrected chi connectivity index (χ3v) is 4.69. The summed E-state index contributed by atoms with van der Waals surface area (Å²) < 4.78 is 0. The Kier molecular flexibility index (Phi) is 5.48. The first-order valence-corrected chi connectivity index (χ1v) is 7.78. The Bertz CT molecular complexity index is 253. The Labute approximate surface area is 111 Å². The average Bonchev–Trinajstić information content (AvgIpc) is 2.68. The highest BCUT2D eigenvalue weighted by atomic mass is 16.1. The van der Waals surface area contributed by atoms with Crippen LogP contribution < -0.4 is 10.6 Å². The number of carbonyl (C=O) groups is 1. The molecule has 1 amide bonds. The van der Waals surface area contributed by atoms with E-state index in [1.54, 1.807) is 0 Å². The molecular weight excluding hydrogens is 224 g/mol. The summed E-state index contributed by atoms with van der Waals surface area (Å²) >= 11 is 0. The zero-order valence-electron chi connectivity index (χ0n) is 11.7. The second kappa shape index (κ2) is 7.13. The molecule has 1 saturated carbocycles. The van der Waals surface area contributed by atoms with E-state index in [1.165, 1.54) is 38.5 Å². The van der Waals surface area contributed by atoms with Crippen molar-refractivity contribution in [3.8, 4) is 0 Å². The van der Waals surface area contributed by atoms with Gasteiger partial charge >= 0.3 is 0 Å². The topological polar surface area (TPSA) is 41.1 Å². The molecule has 3 nitrogen and oxygen atoms in total. The summed E-state index contributed by atoms with van der Waals surface area (Å²) in [7, 11) is 0. The van der Waals surface area contributed by atoms with Crippen LogP contribution in [-0.2, 0) is 4.79 Å². The van der Waals surface area contributed by atoms with Gasteiger partial charge < -0.3 is 10.6 Å². The van der Waals surface area contributed by atoms with Crippen LogP contribution in [0.2, 0.25) is 0 Å². The molecule has 2 rings (SSSR count). The van der Waals surface area contributed by atoms with Crippen LogP contribution in [0.15, 0.2) is 0 Å². The van der Waals surface area contributed by atoms with Crippen LogP contribution in [0.4, 0.5) is 0 Å². The Morgan fingerprint density at radius 2 is 1.67 bits per heavy atom. The van der Waals surface area contributed by atoms with Gasteiger partial charge in [0.1, 0.15) is 0 Å². The maximum absolute atomic E-state index is 12.2. The molecule has 0 radical (unpaired) electrons. The van der Waals surface area contributed by atoms with Crippen molar-refractivity contribution in [3.05, 3.63) is 0 Å². The second-order valence-electron chi connectivity index (χ2n) is 6.07. The van der Waals surface area contributed by atoms with Gasteiger partial charge in [-0.2, -0.15) is 0 Å². The number of piperidine rings is 1. The lowest BCUT2D eigenvalue weighted by molar-refractivity contribution is -0.126. The van der Waals surface area contributed by atoms with Crippen LogP contribution in [-0.4, -0.2) is 25.0 Å². The Morgan fingerprint density at radius 3 is 2.28 bits per heavy atom. The summed E-state index contributed by atoms with van der Waals surface area (Å²) in [6.45, 7) is 4.20. The molecule has 0 aromatic rings. The molecule has 0 aromatic carbocycles. The lowest BCUT2D eigenvalue weighted by Crippen LogP contribution is -2.44. The summed E-state index contributed by atoms with van der Waals surface area (Å²) in [6.07, 6.45) is 10.1. The molecule has 104 valence electrons. The molecule has 1 aliphatic carbocycles. The van der Waals surface area contributed by atoms with Gasteiger partial charge in [0.15, 0.2) is 0 Å². The highest BCUT2D eigenvalue weighted by molar-refractivity contribution is 5.79. The largest absolute Gasteiger partial charge is 0.353 e. The van der Waals surface area contributed by atoms with Gasteiger partial charge in [0, 0.05) is 12.0 Å². The molecule has 2 aliphatic rings. The standard InChI is InChI=1S/C15H28N2O/c1-12(13-6-4-2-3-5-7-13)17-15(18)14-8-10-16-11-9-14/h12-14,16H,2-11H2,1H3,(H,17,18)/t12-/m0/s1. The van der Waals surface area contributed by atoms with Crippen molar-refractivity contribution in [2.75, 3.05) is 13.1 Å². The predicted molar refractivity (Wildman–Crippen MR) is 74.4 cm³/mol. The first kappa shape index (κ1) is 13.9. The summed E-state index contributed by atoms with van der Waals surface area (Å²) in [5.74, 6) is 1.26. The fourth-order valence-corrected chi connectivity index (χ4v) is 3.36. The van der Waals surface area contributed by atoms with Crippen LogP contribution in [0, 0.1) is 11.8 Å². The fourth-order valence-electron chi connectivity index (χ4n) is 3.36. The Hall–Kier alpha value is -0.570. The van der Waals surface area contributed by atoms with Crippen molar-refractivity contribution in [1.29, 1.82) is 0 Å². The molecule has 0 unspecified atom stereocenters. The third kappa shape index (κ3) is 3.98. The minimum Gasteiger partial charge on any atom is -0.353 e. The molecule has 1 heterocycles. The smallest absolute Gasteiger partial charge is 0.223 e. The molecule has 1 atom stereocenters. The van der Waals surface area contributed by atoms with E-state index in [0.29, 0.717) is 17.9 Å². The van der Waals surface area contributed by atoms with E-state index in [-0.39, 0.29) is 5.92 Å². The van der Waals surface area contributed by atoms with Crippen molar-refractivity contribution >= 4 is 5.91 Å². The zero-order chi connectivity index (χ0) is 12.8. The van der Waals surface area contributed by atoms with Gasteiger partial charge in [-0.1, -0.05) is 25.7 Å². The van der Waals surface area contributed by atoms with Gasteiger partial charge in [-0.05, 0) is 51.6 Å². The molecule has 1 aliphatic heterocycles. The SMILES string of the molecule is C[C@H](NC(=O)C1CCNCC1)C1CCCCCC1. The van der Waals surface area contributed by atoms with Crippen LogP contribution in [0.5, 0.6) is 0 Å². The summed E-state index contributed by atoms with van der Waals surface area (Å²) in [5.41, 5.74) is 0. The summed E-state index contributed by atoms with van der Waals surface area (Å²) in [6, 6.07) is 0.366. The maximum Gasteiger partial charge on any atom is 0.223 e. The zero-order valence-corrected chi connectivity index (χ0v) is 11.7. The molecular formula is C15H28N2O. The number of amides is 1. The number of nitrogens with one attached hydrogen (secondary N) is 2. The number of hydrogen-bond acceptors (Lipinski definition) is 2. The van der Waals surface area contributed by atoms with Crippen molar-refractivity contribution in [3.63, 3.8) is 0 Å². The molecule has 0 aromatic heterocycles. The van der Waals surface area contributed by atoms with Gasteiger partial charge in [0.25, 0.3) is 0 Å². The van der Waals surface area contributed by atoms with Crippen LogP contribution in [0.25, 0.3) is 0 Å². The quantitative estimate of drug-likeness (QED) is 0.758. The van der Waals surface area contributed by atoms with Crippen molar-refractivity contribution in [2.45, 2.75) is 64.3 Å². The van der Waals surface area contributed by atoms with Crippen molar-refractivity contribution < 1.29 is 4.79 Å². The molecule has 2 fully saturated rings. The van der Waals surface area contributed by atoms with Crippen LogP contribution >= 0.6 is 0 Å². The lowest BCUT2D eigenvalue weighted by Gasteiger charge is -2.27. The lowest BCUT2D eigenvalue weighted by atomic mass is 9.91. The first-order chi connectivity index (χ1) is 8.77. The molecule has 3 heteroatoms. The number of hydrogen-bond donors (Lipinski definition) is 2. The van der Waals surface area contributed by atoms with Crippen LogP contribution in [0.3, 0.4) is 0 Å². The van der Waals surface area contributed by atoms with E-state index >= 15 is 0 Å². The third-order valence-electron chi connectivity index (χ3n) is 4.69. The minimum atomic E-state index is 0.250. The van der Waals surface area contributed by atoms with Crippen molar-refractivity contribution in [2.24, 2.45) is 11.8 Å². The molecule has 0 bridgehead atoms. The highest BCUT2D eigenvalue weighted by Crippen LogP contribution is 2.25. The Morgan fingerprint density at radius 1 is 1.06 bits per heavy atom. The van der Waals surface area contributed by atoms with E-state index in [4.69, 9.17) is 0 Å². The van der Waals surface area contributed by atoms with E-state index in [9.17, 15) is 4.79 Å². The monoisotopic (exact) mass is 252 g/mol. The summed E-state index contributed by atoms with van der Waals surface area (Å²) in [5, 5.41) is 6.59. The number of rotatable bonds is 3. The normalized spacial score (nSPS) is 25.4. The number of carbonyl (C=O) groups excluding carboxylic acids is 1. The minimum absolute atomic E-state index is 0.250. The maximum atomic E-state index is 12.2. The van der Waals surface area contributed by atoms with E-state index in [1.807, 2.05) is 0 Å². The molecule has 0 spiro atoms. The first-order valence-electron chi connectivity index (χ1n) is 7.78. The van der Waals surface area contributed by atoms with E-state index < -0.39 is 0 Å². The van der Waals surface area contributed by atoms with E-state index in [0.717, 1.165) is 25.9 Å². The van der Waals surface area contributed by atoms with Gasteiger partial charge in [-0.3, -0.25) is 4.79 Å². The predicted octanol–water partition coefficient (Wildman–Crippen LogP) is 2.46.